The van der Waals surface area contributed by atoms with Crippen LogP contribution in [0.1, 0.15) is 45.1 Å². The average molecular weight is 571 g/mol. The van der Waals surface area contributed by atoms with Crippen LogP contribution in [0.3, 0.4) is 0 Å². The Hall–Kier alpha value is -4.67. The van der Waals surface area contributed by atoms with Gasteiger partial charge in [-0.1, -0.05) is 20.8 Å². The van der Waals surface area contributed by atoms with Gasteiger partial charge in [-0.3, -0.25) is 4.79 Å². The third kappa shape index (κ3) is 6.92. The van der Waals surface area contributed by atoms with Crippen LogP contribution in [0.5, 0.6) is 23.0 Å². The van der Waals surface area contributed by atoms with Gasteiger partial charge in [-0.15, -0.1) is 13.2 Å². The number of fused-ring (bicyclic) bond motifs is 1. The van der Waals surface area contributed by atoms with E-state index in [0.29, 0.717) is 22.3 Å². The molecule has 0 atom stereocenters. The number of nitrogens with one attached hydrogen (secondary N) is 1. The summed E-state index contributed by atoms with van der Waals surface area (Å²) in [5.41, 5.74) is 0.0864. The van der Waals surface area contributed by atoms with Gasteiger partial charge >= 0.3 is 12.3 Å². The highest BCUT2D eigenvalue weighted by Crippen LogP contribution is 2.38. The molecule has 0 aliphatic rings. The van der Waals surface area contributed by atoms with E-state index in [1.807, 2.05) is 13.8 Å². The number of aromatic carboxylic acids is 1. The van der Waals surface area contributed by atoms with Gasteiger partial charge in [0.25, 0.3) is 0 Å². The summed E-state index contributed by atoms with van der Waals surface area (Å²) in [6, 6.07) is 16.5. The highest BCUT2D eigenvalue weighted by molar-refractivity contribution is 6.12. The lowest BCUT2D eigenvalue weighted by molar-refractivity contribution is -0.274. The number of amides is 1. The normalized spacial score (nSPS) is 11.9. The molecule has 2 N–H and O–H groups in total. The van der Waals surface area contributed by atoms with Crippen molar-refractivity contribution in [3.8, 4) is 28.7 Å². The van der Waals surface area contributed by atoms with E-state index >= 15 is 0 Å². The quantitative estimate of drug-likeness (QED) is 0.224. The van der Waals surface area contributed by atoms with Crippen LogP contribution in [-0.4, -0.2) is 34.0 Å². The highest BCUT2D eigenvalue weighted by atomic mass is 19.4. The van der Waals surface area contributed by atoms with E-state index in [-0.39, 0.29) is 29.0 Å². The van der Waals surface area contributed by atoms with Crippen LogP contribution in [0.15, 0.2) is 66.7 Å². The first kappa shape index (κ1) is 29.3. The minimum atomic E-state index is -4.82. The zero-order valence-corrected chi connectivity index (χ0v) is 23.0. The number of carboxylic acids is 1. The molecule has 0 spiro atoms. The Morgan fingerprint density at radius 2 is 1.41 bits per heavy atom. The standard InChI is InChI=1S/C30H29F3N2O6/c1-17(2)39-19-8-6-18(7-9-19)35-24-15-14-22(40-20-10-12-21(13-11-20)41-30(31,32)33)16-23(24)25(26(35)27(36)37)34-28(38)29(3,4)5/h6-17H,1-5H3,(H,34,38)(H,36,37). The number of nitrogens with zero attached hydrogens (tertiary/aromatic N) is 1. The molecule has 0 bridgehead atoms. The largest absolute Gasteiger partial charge is 0.573 e. The van der Waals surface area contributed by atoms with E-state index in [2.05, 4.69) is 10.1 Å². The maximum Gasteiger partial charge on any atom is 0.573 e. The molecule has 0 aliphatic heterocycles. The Labute approximate surface area is 234 Å². The van der Waals surface area contributed by atoms with Crippen LogP contribution < -0.4 is 19.5 Å². The molecule has 11 heteroatoms. The minimum absolute atomic E-state index is 0.0474. The molecule has 8 nitrogen and oxygen atoms in total. The summed E-state index contributed by atoms with van der Waals surface area (Å²) in [6.07, 6.45) is -4.87. The maximum atomic E-state index is 13.0. The van der Waals surface area contributed by atoms with Gasteiger partial charge < -0.3 is 29.2 Å². The number of halogens is 3. The number of ether oxygens (including phenoxy) is 3. The van der Waals surface area contributed by atoms with Crippen molar-refractivity contribution in [2.75, 3.05) is 5.32 Å². The number of carboxylic acid groups (broad SMARTS) is 1. The summed E-state index contributed by atoms with van der Waals surface area (Å²) in [6.45, 7) is 8.90. The van der Waals surface area contributed by atoms with Gasteiger partial charge in [-0.2, -0.15) is 0 Å². The Bertz CT molecular complexity index is 1570. The molecule has 1 amide bonds. The van der Waals surface area contributed by atoms with Gasteiger partial charge in [-0.25, -0.2) is 4.79 Å². The number of anilines is 1. The molecule has 3 aromatic carbocycles. The first-order valence-corrected chi connectivity index (χ1v) is 12.7. The maximum absolute atomic E-state index is 13.0. The van der Waals surface area contributed by atoms with Crippen LogP contribution >= 0.6 is 0 Å². The molecule has 0 saturated carbocycles. The zero-order chi connectivity index (χ0) is 30.1. The number of hydrogen-bond acceptors (Lipinski definition) is 5. The molecule has 1 heterocycles. The molecule has 216 valence electrons. The SMILES string of the molecule is CC(C)Oc1ccc(-n2c(C(=O)O)c(NC(=O)C(C)(C)C)c3cc(Oc4ccc(OC(F)(F)F)cc4)ccc32)cc1. The molecule has 0 aliphatic carbocycles. The van der Waals surface area contributed by atoms with Crippen molar-refractivity contribution in [3.63, 3.8) is 0 Å². The van der Waals surface area contributed by atoms with Gasteiger partial charge in [0, 0.05) is 16.5 Å². The predicted octanol–water partition coefficient (Wildman–Crippen LogP) is 7.79. The number of carbonyl (C=O) groups excluding carboxylic acids is 1. The molecule has 41 heavy (non-hydrogen) atoms. The van der Waals surface area contributed by atoms with Crippen LogP contribution in [0.2, 0.25) is 0 Å². The van der Waals surface area contributed by atoms with Crippen molar-refractivity contribution in [2.45, 2.75) is 47.1 Å². The van der Waals surface area contributed by atoms with Crippen molar-refractivity contribution in [1.29, 1.82) is 0 Å². The average Bonchev–Trinajstić information content (AvgIpc) is 3.17. The lowest BCUT2D eigenvalue weighted by atomic mass is 9.95. The molecular weight excluding hydrogens is 541 g/mol. The molecule has 4 aromatic rings. The third-order valence-corrected chi connectivity index (χ3v) is 5.82. The summed E-state index contributed by atoms with van der Waals surface area (Å²) < 4.78 is 54.4. The fraction of sp³-hybridized carbons (Fsp3) is 0.267. The minimum Gasteiger partial charge on any atom is -0.491 e. The molecular formula is C30H29F3N2O6. The molecule has 0 fully saturated rings. The van der Waals surface area contributed by atoms with Crippen LogP contribution in [0.25, 0.3) is 16.6 Å². The Morgan fingerprint density at radius 1 is 0.854 bits per heavy atom. The molecule has 0 radical (unpaired) electrons. The van der Waals surface area contributed by atoms with Gasteiger partial charge in [0.15, 0.2) is 5.69 Å². The van der Waals surface area contributed by atoms with Gasteiger partial charge in [0.2, 0.25) is 5.91 Å². The first-order chi connectivity index (χ1) is 19.1. The third-order valence-electron chi connectivity index (χ3n) is 5.82. The van der Waals surface area contributed by atoms with Crippen LogP contribution in [-0.2, 0) is 4.79 Å². The smallest absolute Gasteiger partial charge is 0.491 e. The topological polar surface area (TPSA) is 99.0 Å². The summed E-state index contributed by atoms with van der Waals surface area (Å²) in [5, 5.41) is 13.5. The molecule has 0 unspecified atom stereocenters. The number of carbonyl (C=O) groups is 2. The molecule has 1 aromatic heterocycles. The number of aromatic nitrogens is 1. The first-order valence-electron chi connectivity index (χ1n) is 12.7. The van der Waals surface area contributed by atoms with Crippen molar-refractivity contribution in [1.82, 2.24) is 4.57 Å². The second-order valence-corrected chi connectivity index (χ2v) is 10.5. The van der Waals surface area contributed by atoms with E-state index in [1.165, 1.54) is 16.7 Å². The molecule has 4 rings (SSSR count). The van der Waals surface area contributed by atoms with Crippen molar-refractivity contribution < 1.29 is 42.1 Å². The second kappa shape index (κ2) is 11.1. The number of benzene rings is 3. The fourth-order valence-electron chi connectivity index (χ4n) is 4.02. The van der Waals surface area contributed by atoms with Crippen LogP contribution in [0.4, 0.5) is 18.9 Å². The van der Waals surface area contributed by atoms with E-state index < -0.39 is 29.4 Å². The highest BCUT2D eigenvalue weighted by Gasteiger charge is 2.31. The molecule has 0 saturated heterocycles. The fourth-order valence-corrected chi connectivity index (χ4v) is 4.02. The van der Waals surface area contributed by atoms with Crippen molar-refractivity contribution >= 4 is 28.5 Å². The Kier molecular flexibility index (Phi) is 7.92. The second-order valence-electron chi connectivity index (χ2n) is 10.5. The predicted molar refractivity (Wildman–Crippen MR) is 147 cm³/mol. The summed E-state index contributed by atoms with van der Waals surface area (Å²) in [4.78, 5) is 25.6. The number of hydrogen-bond donors (Lipinski definition) is 2. The van der Waals surface area contributed by atoms with E-state index in [9.17, 15) is 27.9 Å². The lowest BCUT2D eigenvalue weighted by Crippen LogP contribution is -2.28. The number of alkyl halides is 3. The van der Waals surface area contributed by atoms with Gasteiger partial charge in [0.1, 0.15) is 23.0 Å². The van der Waals surface area contributed by atoms with Crippen molar-refractivity contribution in [2.24, 2.45) is 5.41 Å². The lowest BCUT2D eigenvalue weighted by Gasteiger charge is -2.18. The number of rotatable bonds is 8. The summed E-state index contributed by atoms with van der Waals surface area (Å²) >= 11 is 0. The van der Waals surface area contributed by atoms with Gasteiger partial charge in [-0.05, 0) is 80.6 Å². The Morgan fingerprint density at radius 3 is 1.95 bits per heavy atom. The van der Waals surface area contributed by atoms with E-state index in [0.717, 1.165) is 12.1 Å². The monoisotopic (exact) mass is 570 g/mol. The van der Waals surface area contributed by atoms with E-state index in [4.69, 9.17) is 9.47 Å². The van der Waals surface area contributed by atoms with E-state index in [1.54, 1.807) is 63.2 Å². The summed E-state index contributed by atoms with van der Waals surface area (Å²) in [7, 11) is 0. The van der Waals surface area contributed by atoms with Crippen LogP contribution in [0, 0.1) is 5.41 Å². The Balaban J connectivity index is 1.81. The zero-order valence-electron chi connectivity index (χ0n) is 23.0. The van der Waals surface area contributed by atoms with Crippen molar-refractivity contribution in [3.05, 3.63) is 72.4 Å². The summed E-state index contributed by atoms with van der Waals surface area (Å²) in [5.74, 6) is -0.969. The van der Waals surface area contributed by atoms with Gasteiger partial charge in [0.05, 0.1) is 17.3 Å².